The minimum atomic E-state index is -0.0288. The van der Waals surface area contributed by atoms with Gasteiger partial charge in [0.25, 0.3) is 0 Å². The van der Waals surface area contributed by atoms with Crippen LogP contribution in [-0.4, -0.2) is 10.1 Å². The first-order chi connectivity index (χ1) is 5.86. The molecule has 1 N–H and O–H groups in total. The van der Waals surface area contributed by atoms with Crippen molar-refractivity contribution >= 4 is 0 Å². The highest BCUT2D eigenvalue weighted by Crippen LogP contribution is 1.97. The number of aliphatic hydroxyl groups is 1. The lowest BCUT2D eigenvalue weighted by Gasteiger charge is -1.92. The molecule has 0 saturated heterocycles. The third-order valence-corrected chi connectivity index (χ3v) is 1.25. The molecule has 0 bridgehead atoms. The Balaban J connectivity index is 2.87. The number of pyridine rings is 1. The van der Waals surface area contributed by atoms with Crippen LogP contribution in [0.3, 0.4) is 0 Å². The van der Waals surface area contributed by atoms with E-state index in [0.717, 1.165) is 5.56 Å². The van der Waals surface area contributed by atoms with E-state index in [0.29, 0.717) is 5.69 Å². The first-order valence-electron chi connectivity index (χ1n) is 3.32. The SMILES string of the molecule is N#CC#Cc1ccc(CO)cn1. The van der Waals surface area contributed by atoms with E-state index in [9.17, 15) is 0 Å². The first-order valence-corrected chi connectivity index (χ1v) is 3.32. The second-order valence-electron chi connectivity index (χ2n) is 2.07. The van der Waals surface area contributed by atoms with E-state index >= 15 is 0 Å². The maximum Gasteiger partial charge on any atom is 0.152 e. The molecule has 0 radical (unpaired) electrons. The Morgan fingerprint density at radius 2 is 2.33 bits per heavy atom. The summed E-state index contributed by atoms with van der Waals surface area (Å²) in [4.78, 5) is 3.90. The number of hydrogen-bond acceptors (Lipinski definition) is 3. The van der Waals surface area contributed by atoms with Gasteiger partial charge in [-0.2, -0.15) is 5.26 Å². The monoisotopic (exact) mass is 158 g/mol. The molecule has 12 heavy (non-hydrogen) atoms. The zero-order valence-electron chi connectivity index (χ0n) is 6.28. The predicted molar refractivity (Wildman–Crippen MR) is 42.7 cm³/mol. The van der Waals surface area contributed by atoms with Gasteiger partial charge in [0.1, 0.15) is 5.69 Å². The van der Waals surface area contributed by atoms with Gasteiger partial charge in [0.05, 0.1) is 6.61 Å². The van der Waals surface area contributed by atoms with Crippen LogP contribution in [0.25, 0.3) is 0 Å². The fourth-order valence-corrected chi connectivity index (χ4v) is 0.684. The zero-order chi connectivity index (χ0) is 8.81. The summed E-state index contributed by atoms with van der Waals surface area (Å²) in [5.41, 5.74) is 1.27. The Morgan fingerprint density at radius 3 is 2.83 bits per heavy atom. The quantitative estimate of drug-likeness (QED) is 0.603. The Hall–Kier alpha value is -1.84. The number of aromatic nitrogens is 1. The molecule has 0 aromatic carbocycles. The van der Waals surface area contributed by atoms with Gasteiger partial charge in [0.15, 0.2) is 6.07 Å². The Labute approximate surface area is 70.3 Å². The van der Waals surface area contributed by atoms with Gasteiger partial charge in [-0.15, -0.1) is 0 Å². The van der Waals surface area contributed by atoms with E-state index in [1.807, 2.05) is 0 Å². The van der Waals surface area contributed by atoms with Crippen LogP contribution in [-0.2, 0) is 6.61 Å². The van der Waals surface area contributed by atoms with Crippen molar-refractivity contribution in [2.24, 2.45) is 0 Å². The van der Waals surface area contributed by atoms with Crippen LogP contribution in [0, 0.1) is 23.2 Å². The lowest BCUT2D eigenvalue weighted by atomic mass is 10.2. The van der Waals surface area contributed by atoms with Crippen LogP contribution < -0.4 is 0 Å². The molecule has 0 amide bonds. The van der Waals surface area contributed by atoms with E-state index in [1.54, 1.807) is 18.2 Å². The highest BCUT2D eigenvalue weighted by molar-refractivity contribution is 5.33. The fourth-order valence-electron chi connectivity index (χ4n) is 0.684. The van der Waals surface area contributed by atoms with Gasteiger partial charge in [0.2, 0.25) is 0 Å². The van der Waals surface area contributed by atoms with Crippen molar-refractivity contribution in [2.75, 3.05) is 0 Å². The standard InChI is InChI=1S/C9H6N2O/c10-5-1-2-9-4-3-8(7-12)6-11-9/h3-4,6,12H,7H2. The molecule has 1 rings (SSSR count). The molecule has 0 fully saturated rings. The Bertz CT molecular complexity index is 351. The highest BCUT2D eigenvalue weighted by Gasteiger charge is 1.90. The molecule has 0 aliphatic carbocycles. The summed E-state index contributed by atoms with van der Waals surface area (Å²) in [6.07, 6.45) is 1.53. The van der Waals surface area contributed by atoms with Crippen LogP contribution in [0.15, 0.2) is 18.3 Å². The minimum absolute atomic E-state index is 0.0288. The molecule has 1 heterocycles. The summed E-state index contributed by atoms with van der Waals surface area (Å²) >= 11 is 0. The molecular weight excluding hydrogens is 152 g/mol. The molecule has 0 saturated carbocycles. The normalized spacial score (nSPS) is 8.00. The molecule has 0 aliphatic rings. The van der Waals surface area contributed by atoms with Gasteiger partial charge in [0, 0.05) is 12.1 Å². The maximum absolute atomic E-state index is 8.68. The molecule has 58 valence electrons. The number of nitriles is 1. The first kappa shape index (κ1) is 8.26. The van der Waals surface area contributed by atoms with Crippen LogP contribution in [0.5, 0.6) is 0 Å². The van der Waals surface area contributed by atoms with Gasteiger partial charge in [-0.1, -0.05) is 6.07 Å². The summed E-state index contributed by atoms with van der Waals surface area (Å²) in [6.45, 7) is -0.0288. The summed E-state index contributed by atoms with van der Waals surface area (Å²) in [6, 6.07) is 5.07. The third-order valence-electron chi connectivity index (χ3n) is 1.25. The molecule has 3 nitrogen and oxygen atoms in total. The van der Waals surface area contributed by atoms with Gasteiger partial charge in [-0.3, -0.25) is 0 Å². The zero-order valence-corrected chi connectivity index (χ0v) is 6.28. The van der Waals surface area contributed by atoms with Crippen molar-refractivity contribution in [1.29, 1.82) is 5.26 Å². The van der Waals surface area contributed by atoms with Crippen molar-refractivity contribution in [3.05, 3.63) is 29.6 Å². The van der Waals surface area contributed by atoms with Crippen molar-refractivity contribution in [2.45, 2.75) is 6.61 Å². The van der Waals surface area contributed by atoms with Gasteiger partial charge >= 0.3 is 0 Å². The number of nitrogens with zero attached hydrogens (tertiary/aromatic N) is 2. The Morgan fingerprint density at radius 1 is 1.50 bits per heavy atom. The van der Waals surface area contributed by atoms with Crippen molar-refractivity contribution in [3.63, 3.8) is 0 Å². The van der Waals surface area contributed by atoms with Crippen LogP contribution in [0.4, 0.5) is 0 Å². The lowest BCUT2D eigenvalue weighted by Crippen LogP contribution is -1.86. The summed E-state index contributed by atoms with van der Waals surface area (Å²) in [7, 11) is 0. The molecule has 0 atom stereocenters. The average molecular weight is 158 g/mol. The molecule has 0 unspecified atom stereocenters. The van der Waals surface area contributed by atoms with E-state index in [2.05, 4.69) is 16.8 Å². The molecule has 0 aliphatic heterocycles. The number of aliphatic hydroxyl groups excluding tert-OH is 1. The van der Waals surface area contributed by atoms with E-state index in [1.165, 1.54) is 6.20 Å². The van der Waals surface area contributed by atoms with Gasteiger partial charge < -0.3 is 5.11 Å². The van der Waals surface area contributed by atoms with E-state index in [-0.39, 0.29) is 6.61 Å². The minimum Gasteiger partial charge on any atom is -0.392 e. The number of rotatable bonds is 1. The van der Waals surface area contributed by atoms with Crippen molar-refractivity contribution in [3.8, 4) is 17.9 Å². The Kier molecular flexibility index (Phi) is 2.84. The summed E-state index contributed by atoms with van der Waals surface area (Å²) in [5.74, 6) is 4.77. The molecule has 3 heteroatoms. The van der Waals surface area contributed by atoms with Gasteiger partial charge in [-0.25, -0.2) is 4.98 Å². The largest absolute Gasteiger partial charge is 0.392 e. The van der Waals surface area contributed by atoms with Crippen molar-refractivity contribution in [1.82, 2.24) is 4.98 Å². The van der Waals surface area contributed by atoms with E-state index in [4.69, 9.17) is 10.4 Å². The van der Waals surface area contributed by atoms with Crippen molar-refractivity contribution < 1.29 is 5.11 Å². The molecule has 0 spiro atoms. The summed E-state index contributed by atoms with van der Waals surface area (Å²) < 4.78 is 0. The van der Waals surface area contributed by atoms with Crippen LogP contribution >= 0.6 is 0 Å². The molecule has 1 aromatic rings. The van der Waals surface area contributed by atoms with Crippen LogP contribution in [0.2, 0.25) is 0 Å². The van der Waals surface area contributed by atoms with Crippen LogP contribution in [0.1, 0.15) is 11.3 Å². The molecule has 1 aromatic heterocycles. The predicted octanol–water partition coefficient (Wildman–Crippen LogP) is 0.449. The third kappa shape index (κ3) is 2.09. The van der Waals surface area contributed by atoms with Gasteiger partial charge in [-0.05, 0) is 17.6 Å². The second kappa shape index (κ2) is 4.12. The number of hydrogen-bond donors (Lipinski definition) is 1. The highest BCUT2D eigenvalue weighted by atomic mass is 16.3. The lowest BCUT2D eigenvalue weighted by molar-refractivity contribution is 0.281. The average Bonchev–Trinajstić information content (AvgIpc) is 2.15. The smallest absolute Gasteiger partial charge is 0.152 e. The maximum atomic E-state index is 8.68. The fraction of sp³-hybridized carbons (Fsp3) is 0.111. The molecular formula is C9H6N2O. The van der Waals surface area contributed by atoms with E-state index < -0.39 is 0 Å². The second-order valence-corrected chi connectivity index (χ2v) is 2.07. The topological polar surface area (TPSA) is 56.9 Å². The summed E-state index contributed by atoms with van der Waals surface area (Å²) in [5, 5.41) is 16.8.